The highest BCUT2D eigenvalue weighted by atomic mass is 32.1. The summed E-state index contributed by atoms with van der Waals surface area (Å²) in [6.45, 7) is 3.38. The summed E-state index contributed by atoms with van der Waals surface area (Å²) in [4.78, 5) is 1.47. The molecule has 1 aromatic heterocycles. The highest BCUT2D eigenvalue weighted by Gasteiger charge is 2.21. The van der Waals surface area contributed by atoms with Gasteiger partial charge in [0.25, 0.3) is 0 Å². The number of hydrogen-bond acceptors (Lipinski definition) is 2. The van der Waals surface area contributed by atoms with Gasteiger partial charge in [-0.25, -0.2) is 0 Å². The maximum Gasteiger partial charge on any atom is 0.0302 e. The predicted molar refractivity (Wildman–Crippen MR) is 71.8 cm³/mol. The Hall–Kier alpha value is -0.340. The normalized spacial score (nSPS) is 19.8. The highest BCUT2D eigenvalue weighted by Crippen LogP contribution is 2.28. The minimum Gasteiger partial charge on any atom is -0.309 e. The molecule has 1 nitrogen and oxygen atoms in total. The first kappa shape index (κ1) is 12.1. The molecule has 1 unspecified atom stereocenters. The standard InChI is InChI=1S/C14H23NS/c1-2-14(12-7-4-3-5-8-12)15-11-13-9-6-10-16-13/h6,9-10,12,14-15H,2-5,7-8,11H2,1H3. The molecule has 2 heteroatoms. The summed E-state index contributed by atoms with van der Waals surface area (Å²) < 4.78 is 0. The van der Waals surface area contributed by atoms with Crippen molar-refractivity contribution in [1.29, 1.82) is 0 Å². The van der Waals surface area contributed by atoms with Crippen molar-refractivity contribution in [1.82, 2.24) is 5.32 Å². The highest BCUT2D eigenvalue weighted by molar-refractivity contribution is 7.09. The van der Waals surface area contributed by atoms with Crippen molar-refractivity contribution in [2.24, 2.45) is 5.92 Å². The minimum atomic E-state index is 0.738. The van der Waals surface area contributed by atoms with Crippen molar-refractivity contribution < 1.29 is 0 Å². The van der Waals surface area contributed by atoms with Gasteiger partial charge >= 0.3 is 0 Å². The third-order valence-electron chi connectivity index (χ3n) is 3.78. The topological polar surface area (TPSA) is 12.0 Å². The summed E-state index contributed by atoms with van der Waals surface area (Å²) >= 11 is 1.86. The molecule has 1 fully saturated rings. The van der Waals surface area contributed by atoms with Crippen LogP contribution in [0.4, 0.5) is 0 Å². The number of hydrogen-bond donors (Lipinski definition) is 1. The van der Waals surface area contributed by atoms with E-state index in [9.17, 15) is 0 Å². The van der Waals surface area contributed by atoms with Gasteiger partial charge in [0.1, 0.15) is 0 Å². The molecule has 0 aromatic carbocycles. The van der Waals surface area contributed by atoms with E-state index in [-0.39, 0.29) is 0 Å². The van der Waals surface area contributed by atoms with Gasteiger partial charge in [-0.05, 0) is 36.6 Å². The fourth-order valence-electron chi connectivity index (χ4n) is 2.83. The Morgan fingerprint density at radius 3 is 2.81 bits per heavy atom. The van der Waals surface area contributed by atoms with Gasteiger partial charge in [0.15, 0.2) is 0 Å². The summed E-state index contributed by atoms with van der Waals surface area (Å²) in [6, 6.07) is 5.11. The van der Waals surface area contributed by atoms with Gasteiger partial charge < -0.3 is 5.32 Å². The molecular formula is C14H23NS. The Bertz CT molecular complexity index is 275. The average molecular weight is 237 g/mol. The van der Waals surface area contributed by atoms with Crippen LogP contribution in [-0.2, 0) is 6.54 Å². The van der Waals surface area contributed by atoms with Crippen LogP contribution in [0, 0.1) is 5.92 Å². The lowest BCUT2D eigenvalue weighted by molar-refractivity contribution is 0.262. The Labute approximate surface area is 103 Å². The van der Waals surface area contributed by atoms with Crippen molar-refractivity contribution in [3.05, 3.63) is 22.4 Å². The second-order valence-corrected chi connectivity index (χ2v) is 5.91. The summed E-state index contributed by atoms with van der Waals surface area (Å²) in [7, 11) is 0. The molecule has 1 aromatic rings. The third-order valence-corrected chi connectivity index (χ3v) is 4.65. The first-order chi connectivity index (χ1) is 7.90. The largest absolute Gasteiger partial charge is 0.309 e. The van der Waals surface area contributed by atoms with Crippen LogP contribution in [0.25, 0.3) is 0 Å². The molecule has 2 rings (SSSR count). The van der Waals surface area contributed by atoms with E-state index in [0.29, 0.717) is 0 Å². The van der Waals surface area contributed by atoms with Crippen LogP contribution in [0.15, 0.2) is 17.5 Å². The summed E-state index contributed by atoms with van der Waals surface area (Å²) in [5, 5.41) is 5.92. The Balaban J connectivity index is 1.80. The van der Waals surface area contributed by atoms with Crippen LogP contribution in [0.2, 0.25) is 0 Å². The minimum absolute atomic E-state index is 0.738. The molecule has 0 aliphatic heterocycles. The SMILES string of the molecule is CCC(NCc1cccs1)C1CCCCC1. The first-order valence-electron chi connectivity index (χ1n) is 6.66. The van der Waals surface area contributed by atoms with Crippen molar-refractivity contribution in [3.8, 4) is 0 Å². The smallest absolute Gasteiger partial charge is 0.0302 e. The van der Waals surface area contributed by atoms with Gasteiger partial charge in [-0.15, -0.1) is 11.3 Å². The molecule has 1 atom stereocenters. The van der Waals surface area contributed by atoms with Crippen LogP contribution in [0.1, 0.15) is 50.3 Å². The molecule has 1 heterocycles. The van der Waals surface area contributed by atoms with E-state index < -0.39 is 0 Å². The van der Waals surface area contributed by atoms with Crippen molar-refractivity contribution in [2.45, 2.75) is 58.0 Å². The zero-order chi connectivity index (χ0) is 11.2. The molecule has 1 N–H and O–H groups in total. The van der Waals surface area contributed by atoms with Crippen molar-refractivity contribution in [3.63, 3.8) is 0 Å². The Kier molecular flexibility index (Phi) is 4.86. The molecule has 0 saturated heterocycles. The van der Waals surface area contributed by atoms with E-state index in [1.807, 2.05) is 11.3 Å². The first-order valence-corrected chi connectivity index (χ1v) is 7.54. The molecule has 1 aliphatic rings. The molecule has 0 spiro atoms. The number of nitrogens with one attached hydrogen (secondary N) is 1. The fraction of sp³-hybridized carbons (Fsp3) is 0.714. The summed E-state index contributed by atoms with van der Waals surface area (Å²) in [5.41, 5.74) is 0. The lowest BCUT2D eigenvalue weighted by Crippen LogP contribution is -2.36. The maximum absolute atomic E-state index is 3.75. The van der Waals surface area contributed by atoms with Gasteiger partial charge in [-0.1, -0.05) is 32.3 Å². The van der Waals surface area contributed by atoms with Crippen LogP contribution in [0.3, 0.4) is 0 Å². The third kappa shape index (κ3) is 3.33. The molecule has 0 bridgehead atoms. The van der Waals surface area contributed by atoms with Crippen LogP contribution in [-0.4, -0.2) is 6.04 Å². The van der Waals surface area contributed by atoms with Gasteiger partial charge in [0.05, 0.1) is 0 Å². The van der Waals surface area contributed by atoms with E-state index in [2.05, 4.69) is 29.8 Å². The van der Waals surface area contributed by atoms with E-state index in [0.717, 1.165) is 18.5 Å². The van der Waals surface area contributed by atoms with E-state index >= 15 is 0 Å². The molecule has 90 valence electrons. The number of thiophene rings is 1. The van der Waals surface area contributed by atoms with Gasteiger partial charge in [-0.2, -0.15) is 0 Å². The molecule has 0 amide bonds. The molecule has 1 aliphatic carbocycles. The Morgan fingerprint density at radius 2 is 2.19 bits per heavy atom. The quantitative estimate of drug-likeness (QED) is 0.809. The zero-order valence-corrected chi connectivity index (χ0v) is 11.1. The maximum atomic E-state index is 3.75. The summed E-state index contributed by atoms with van der Waals surface area (Å²) in [6.07, 6.45) is 8.50. The van der Waals surface area contributed by atoms with Crippen molar-refractivity contribution >= 4 is 11.3 Å². The fourth-order valence-corrected chi connectivity index (χ4v) is 3.48. The Morgan fingerprint density at radius 1 is 1.38 bits per heavy atom. The second-order valence-electron chi connectivity index (χ2n) is 4.87. The van der Waals surface area contributed by atoms with Gasteiger partial charge in [0.2, 0.25) is 0 Å². The van der Waals surface area contributed by atoms with Crippen LogP contribution in [0.5, 0.6) is 0 Å². The lowest BCUT2D eigenvalue weighted by atomic mass is 9.83. The van der Waals surface area contributed by atoms with Crippen LogP contribution < -0.4 is 5.32 Å². The molecule has 0 radical (unpaired) electrons. The zero-order valence-electron chi connectivity index (χ0n) is 10.2. The average Bonchev–Trinajstić information content (AvgIpc) is 2.84. The molecular weight excluding hydrogens is 214 g/mol. The van der Waals surface area contributed by atoms with Gasteiger partial charge in [0, 0.05) is 17.5 Å². The van der Waals surface area contributed by atoms with E-state index in [1.54, 1.807) is 0 Å². The lowest BCUT2D eigenvalue weighted by Gasteiger charge is -2.30. The second kappa shape index (κ2) is 6.41. The molecule has 16 heavy (non-hydrogen) atoms. The van der Waals surface area contributed by atoms with E-state index in [1.165, 1.54) is 43.4 Å². The predicted octanol–water partition coefficient (Wildman–Crippen LogP) is 4.20. The van der Waals surface area contributed by atoms with Gasteiger partial charge in [-0.3, -0.25) is 0 Å². The summed E-state index contributed by atoms with van der Waals surface area (Å²) in [5.74, 6) is 0.929. The molecule has 1 saturated carbocycles. The monoisotopic (exact) mass is 237 g/mol. The van der Waals surface area contributed by atoms with E-state index in [4.69, 9.17) is 0 Å². The number of rotatable bonds is 5. The van der Waals surface area contributed by atoms with Crippen LogP contribution >= 0.6 is 11.3 Å². The van der Waals surface area contributed by atoms with Crippen molar-refractivity contribution in [2.75, 3.05) is 0 Å².